The molecule has 1 aromatic carbocycles. The first-order chi connectivity index (χ1) is 10.7. The number of carbonyl (C=O) groups is 1. The van der Waals surface area contributed by atoms with Crippen LogP contribution in [0.15, 0.2) is 24.3 Å². The summed E-state index contributed by atoms with van der Waals surface area (Å²) in [5.41, 5.74) is 1.14. The van der Waals surface area contributed by atoms with E-state index in [4.69, 9.17) is 4.74 Å². The van der Waals surface area contributed by atoms with E-state index in [0.29, 0.717) is 19.0 Å². The van der Waals surface area contributed by atoms with Crippen LogP contribution >= 0.6 is 0 Å². The number of β-amino-alcohol motifs (C(OH)–C–C–N with tert-alkyl or cyclic N) is 1. The molecule has 0 radical (unpaired) electrons. The molecule has 2 fully saturated rings. The maximum atomic E-state index is 12.3. The summed E-state index contributed by atoms with van der Waals surface area (Å²) in [5.74, 6) is 1.42. The predicted octanol–water partition coefficient (Wildman–Crippen LogP) is 1.33. The van der Waals surface area contributed by atoms with Crippen molar-refractivity contribution in [1.29, 1.82) is 0 Å². The van der Waals surface area contributed by atoms with E-state index in [1.165, 1.54) is 12.8 Å². The van der Waals surface area contributed by atoms with Crippen LogP contribution in [0.25, 0.3) is 0 Å². The molecular weight excluding hydrogens is 280 g/mol. The minimum absolute atomic E-state index is 0.0434. The highest BCUT2D eigenvalue weighted by Gasteiger charge is 2.34. The van der Waals surface area contributed by atoms with E-state index < -0.39 is 0 Å². The van der Waals surface area contributed by atoms with Gasteiger partial charge in [-0.2, -0.15) is 0 Å². The number of rotatable bonds is 6. The Morgan fingerprint density at radius 3 is 2.64 bits per heavy atom. The molecule has 5 nitrogen and oxygen atoms in total. The fraction of sp³-hybridized carbons (Fsp3) is 0.588. The summed E-state index contributed by atoms with van der Waals surface area (Å²) in [6, 6.07) is 8.02. The Balaban J connectivity index is 1.60. The van der Waals surface area contributed by atoms with Crippen molar-refractivity contribution in [3.8, 4) is 5.75 Å². The normalized spacial score (nSPS) is 23.3. The molecule has 0 bridgehead atoms. The largest absolute Gasteiger partial charge is 0.497 e. The highest BCUT2D eigenvalue weighted by molar-refractivity contribution is 5.78. The summed E-state index contributed by atoms with van der Waals surface area (Å²) in [6.45, 7) is 1.77. The van der Waals surface area contributed by atoms with Gasteiger partial charge in [-0.15, -0.1) is 0 Å². The molecule has 0 aromatic heterocycles. The third-order valence-corrected chi connectivity index (χ3v) is 4.50. The fourth-order valence-corrected chi connectivity index (χ4v) is 3.09. The molecule has 1 aliphatic carbocycles. The van der Waals surface area contributed by atoms with Crippen molar-refractivity contribution in [2.24, 2.45) is 5.92 Å². The first-order valence-electron chi connectivity index (χ1n) is 7.99. The van der Waals surface area contributed by atoms with Crippen LogP contribution in [0.5, 0.6) is 5.75 Å². The van der Waals surface area contributed by atoms with Gasteiger partial charge < -0.3 is 15.2 Å². The Morgan fingerprint density at radius 2 is 2.09 bits per heavy atom. The number of aliphatic hydroxyl groups is 1. The molecule has 5 heteroatoms. The van der Waals surface area contributed by atoms with Crippen LogP contribution in [0.1, 0.15) is 30.9 Å². The van der Waals surface area contributed by atoms with Gasteiger partial charge in [0.25, 0.3) is 0 Å². The number of carbonyl (C=O) groups excluding carboxylic acids is 1. The second kappa shape index (κ2) is 6.67. The molecule has 3 rings (SSSR count). The second-order valence-electron chi connectivity index (χ2n) is 6.33. The lowest BCUT2D eigenvalue weighted by atomic mass is 10.0. The highest BCUT2D eigenvalue weighted by atomic mass is 16.5. The molecule has 1 aliphatic heterocycles. The van der Waals surface area contributed by atoms with Gasteiger partial charge in [0.2, 0.25) is 5.91 Å². The lowest BCUT2D eigenvalue weighted by Gasteiger charge is -2.21. The van der Waals surface area contributed by atoms with Crippen LogP contribution in [-0.4, -0.2) is 48.8 Å². The maximum Gasteiger partial charge on any atom is 0.234 e. The van der Waals surface area contributed by atoms with Crippen molar-refractivity contribution in [2.75, 3.05) is 26.7 Å². The van der Waals surface area contributed by atoms with Gasteiger partial charge in [0, 0.05) is 13.1 Å². The number of amides is 1. The molecule has 1 amide bonds. The zero-order valence-corrected chi connectivity index (χ0v) is 13.0. The van der Waals surface area contributed by atoms with E-state index in [1.54, 1.807) is 7.11 Å². The van der Waals surface area contributed by atoms with Crippen LogP contribution in [0.4, 0.5) is 0 Å². The van der Waals surface area contributed by atoms with Crippen molar-refractivity contribution in [1.82, 2.24) is 10.2 Å². The molecule has 1 saturated carbocycles. The molecule has 1 unspecified atom stereocenters. The number of likely N-dealkylation sites (tertiary alicyclic amines) is 1. The number of methoxy groups -OCH3 is 1. The summed E-state index contributed by atoms with van der Waals surface area (Å²) < 4.78 is 5.19. The molecule has 1 saturated heterocycles. The topological polar surface area (TPSA) is 61.8 Å². The quantitative estimate of drug-likeness (QED) is 0.832. The van der Waals surface area contributed by atoms with E-state index in [-0.39, 0.29) is 18.1 Å². The molecule has 1 aromatic rings. The number of hydrogen-bond donors (Lipinski definition) is 2. The molecule has 2 atom stereocenters. The molecule has 22 heavy (non-hydrogen) atoms. The van der Waals surface area contributed by atoms with Crippen molar-refractivity contribution >= 4 is 5.91 Å². The SMILES string of the molecule is COc1ccc(C(NC(=O)CN2CC[C@H](O)C2)C2CC2)cc1. The van der Waals surface area contributed by atoms with Gasteiger partial charge in [-0.05, 0) is 42.9 Å². The van der Waals surface area contributed by atoms with Gasteiger partial charge in [0.1, 0.15) is 5.75 Å². The average molecular weight is 304 g/mol. The minimum Gasteiger partial charge on any atom is -0.497 e. The first-order valence-corrected chi connectivity index (χ1v) is 7.99. The number of aliphatic hydroxyl groups excluding tert-OH is 1. The summed E-state index contributed by atoms with van der Waals surface area (Å²) in [7, 11) is 1.65. The van der Waals surface area contributed by atoms with Gasteiger partial charge in [-0.1, -0.05) is 12.1 Å². The maximum absolute atomic E-state index is 12.3. The van der Waals surface area contributed by atoms with Crippen LogP contribution < -0.4 is 10.1 Å². The van der Waals surface area contributed by atoms with E-state index in [1.807, 2.05) is 29.2 Å². The van der Waals surface area contributed by atoms with Crippen LogP contribution in [0.3, 0.4) is 0 Å². The summed E-state index contributed by atoms with van der Waals surface area (Å²) in [5, 5.41) is 12.7. The van der Waals surface area contributed by atoms with Crippen molar-refractivity contribution in [2.45, 2.75) is 31.4 Å². The monoisotopic (exact) mass is 304 g/mol. The van der Waals surface area contributed by atoms with Gasteiger partial charge in [0.05, 0.1) is 25.8 Å². The Morgan fingerprint density at radius 1 is 1.36 bits per heavy atom. The number of benzene rings is 1. The molecular formula is C17H24N2O3. The van der Waals surface area contributed by atoms with Crippen LogP contribution in [0.2, 0.25) is 0 Å². The van der Waals surface area contributed by atoms with E-state index >= 15 is 0 Å². The molecule has 1 heterocycles. The predicted molar refractivity (Wildman–Crippen MR) is 83.7 cm³/mol. The molecule has 0 spiro atoms. The highest BCUT2D eigenvalue weighted by Crippen LogP contribution is 2.41. The Labute approximate surface area is 131 Å². The first kappa shape index (κ1) is 15.3. The van der Waals surface area contributed by atoms with E-state index in [2.05, 4.69) is 5.32 Å². The molecule has 120 valence electrons. The summed E-state index contributed by atoms with van der Waals surface area (Å²) in [6.07, 6.45) is 2.81. The average Bonchev–Trinajstić information content (AvgIpc) is 3.28. The van der Waals surface area contributed by atoms with Gasteiger partial charge in [0.15, 0.2) is 0 Å². The number of ether oxygens (including phenoxy) is 1. The smallest absolute Gasteiger partial charge is 0.234 e. The molecule has 2 aliphatic rings. The van der Waals surface area contributed by atoms with Crippen LogP contribution in [0, 0.1) is 5.92 Å². The van der Waals surface area contributed by atoms with Crippen molar-refractivity contribution in [3.05, 3.63) is 29.8 Å². The number of nitrogens with zero attached hydrogens (tertiary/aromatic N) is 1. The second-order valence-corrected chi connectivity index (χ2v) is 6.33. The van der Waals surface area contributed by atoms with Gasteiger partial charge in [-0.3, -0.25) is 9.69 Å². The van der Waals surface area contributed by atoms with Crippen molar-refractivity contribution in [3.63, 3.8) is 0 Å². The van der Waals surface area contributed by atoms with E-state index in [9.17, 15) is 9.90 Å². The van der Waals surface area contributed by atoms with Crippen molar-refractivity contribution < 1.29 is 14.6 Å². The number of nitrogens with one attached hydrogen (secondary N) is 1. The summed E-state index contributed by atoms with van der Waals surface area (Å²) in [4.78, 5) is 14.3. The Hall–Kier alpha value is -1.59. The molecule has 2 N–H and O–H groups in total. The number of hydrogen-bond acceptors (Lipinski definition) is 4. The fourth-order valence-electron chi connectivity index (χ4n) is 3.09. The summed E-state index contributed by atoms with van der Waals surface area (Å²) >= 11 is 0. The van der Waals surface area contributed by atoms with Gasteiger partial charge in [-0.25, -0.2) is 0 Å². The third kappa shape index (κ3) is 3.78. The zero-order chi connectivity index (χ0) is 15.5. The Kier molecular flexibility index (Phi) is 4.64. The zero-order valence-electron chi connectivity index (χ0n) is 13.0. The standard InChI is InChI=1S/C17H24N2O3/c1-22-15-6-4-13(5-7-15)17(12-2-3-12)18-16(21)11-19-9-8-14(20)10-19/h4-7,12,14,17,20H,2-3,8-11H2,1H3,(H,18,21)/t14-,17?/m0/s1. The lowest BCUT2D eigenvalue weighted by molar-refractivity contribution is -0.123. The lowest BCUT2D eigenvalue weighted by Crippen LogP contribution is -2.38. The van der Waals surface area contributed by atoms with E-state index in [0.717, 1.165) is 24.3 Å². The van der Waals surface area contributed by atoms with Gasteiger partial charge >= 0.3 is 0 Å². The van der Waals surface area contributed by atoms with Crippen LogP contribution in [-0.2, 0) is 4.79 Å². The Bertz CT molecular complexity index is 513. The third-order valence-electron chi connectivity index (χ3n) is 4.50. The minimum atomic E-state index is -0.284.